The monoisotopic (exact) mass is 343 g/mol. The first-order valence-corrected chi connectivity index (χ1v) is 8.15. The number of methoxy groups -OCH3 is 1. The van der Waals surface area contributed by atoms with Gasteiger partial charge in [0.2, 0.25) is 0 Å². The summed E-state index contributed by atoms with van der Waals surface area (Å²) >= 11 is 3.52. The summed E-state index contributed by atoms with van der Waals surface area (Å²) in [7, 11) is 1.78. The van der Waals surface area contributed by atoms with Gasteiger partial charge in [-0.1, -0.05) is 22.9 Å². The summed E-state index contributed by atoms with van der Waals surface area (Å²) in [5, 5.41) is 3.57. The first kappa shape index (κ1) is 15.9. The van der Waals surface area contributed by atoms with Crippen molar-refractivity contribution < 1.29 is 9.13 Å². The van der Waals surface area contributed by atoms with E-state index in [2.05, 4.69) is 28.2 Å². The number of halogens is 2. The van der Waals surface area contributed by atoms with Gasteiger partial charge in [0.15, 0.2) is 0 Å². The largest absolute Gasteiger partial charge is 0.380 e. The average Bonchev–Trinajstić information content (AvgIpc) is 3.25. The number of hydrogen-bond acceptors (Lipinski definition) is 2. The van der Waals surface area contributed by atoms with Gasteiger partial charge in [0.05, 0.1) is 6.10 Å². The zero-order chi connectivity index (χ0) is 14.5. The quantitative estimate of drug-likeness (QED) is 0.772. The predicted molar refractivity (Wildman–Crippen MR) is 83.4 cm³/mol. The van der Waals surface area contributed by atoms with Crippen LogP contribution >= 0.6 is 15.9 Å². The molecule has 2 rings (SSSR count). The number of benzene rings is 1. The molecule has 1 fully saturated rings. The molecular formula is C16H23BrFNO. The molecule has 0 amide bonds. The Morgan fingerprint density at radius 1 is 1.45 bits per heavy atom. The molecule has 0 radical (unpaired) electrons. The highest BCUT2D eigenvalue weighted by Crippen LogP contribution is 2.36. The molecule has 0 spiro atoms. The summed E-state index contributed by atoms with van der Waals surface area (Å²) in [6.07, 6.45) is 4.58. The van der Waals surface area contributed by atoms with Crippen molar-refractivity contribution in [1.29, 1.82) is 0 Å². The van der Waals surface area contributed by atoms with Crippen LogP contribution < -0.4 is 5.32 Å². The van der Waals surface area contributed by atoms with Gasteiger partial charge in [-0.2, -0.15) is 0 Å². The lowest BCUT2D eigenvalue weighted by Gasteiger charge is -2.27. The van der Waals surface area contributed by atoms with Crippen LogP contribution in [0.3, 0.4) is 0 Å². The molecule has 1 aromatic rings. The van der Waals surface area contributed by atoms with E-state index in [1.165, 1.54) is 18.9 Å². The Balaban J connectivity index is 2.11. The highest BCUT2D eigenvalue weighted by atomic mass is 79.9. The lowest BCUT2D eigenvalue weighted by atomic mass is 9.98. The van der Waals surface area contributed by atoms with Gasteiger partial charge in [0, 0.05) is 17.6 Å². The van der Waals surface area contributed by atoms with Gasteiger partial charge in [-0.15, -0.1) is 0 Å². The van der Waals surface area contributed by atoms with Gasteiger partial charge in [0.1, 0.15) is 5.82 Å². The van der Waals surface area contributed by atoms with Crippen LogP contribution in [-0.4, -0.2) is 25.8 Å². The third kappa shape index (κ3) is 4.27. The van der Waals surface area contributed by atoms with Crippen molar-refractivity contribution in [3.8, 4) is 0 Å². The molecule has 1 aromatic carbocycles. The Labute approximate surface area is 129 Å². The first-order valence-electron chi connectivity index (χ1n) is 7.35. The third-order valence-corrected chi connectivity index (χ3v) is 4.63. The molecule has 20 heavy (non-hydrogen) atoms. The van der Waals surface area contributed by atoms with E-state index in [4.69, 9.17) is 4.74 Å². The average molecular weight is 344 g/mol. The van der Waals surface area contributed by atoms with E-state index in [9.17, 15) is 4.39 Å². The fourth-order valence-electron chi connectivity index (χ4n) is 2.68. The van der Waals surface area contributed by atoms with E-state index in [0.717, 1.165) is 29.4 Å². The van der Waals surface area contributed by atoms with Crippen molar-refractivity contribution in [1.82, 2.24) is 5.32 Å². The summed E-state index contributed by atoms with van der Waals surface area (Å²) in [6.45, 7) is 3.12. The third-order valence-electron chi connectivity index (χ3n) is 3.86. The normalized spacial score (nSPS) is 18.0. The molecular weight excluding hydrogens is 321 g/mol. The van der Waals surface area contributed by atoms with Crippen LogP contribution in [0.2, 0.25) is 0 Å². The van der Waals surface area contributed by atoms with E-state index < -0.39 is 0 Å². The van der Waals surface area contributed by atoms with Crippen LogP contribution in [0.5, 0.6) is 0 Å². The molecule has 4 heteroatoms. The zero-order valence-corrected chi connectivity index (χ0v) is 13.7. The van der Waals surface area contributed by atoms with E-state index in [1.807, 2.05) is 0 Å². The summed E-state index contributed by atoms with van der Waals surface area (Å²) in [5.74, 6) is 0.472. The lowest BCUT2D eigenvalue weighted by molar-refractivity contribution is 0.0510. The Morgan fingerprint density at radius 2 is 2.20 bits per heavy atom. The summed E-state index contributed by atoms with van der Waals surface area (Å²) in [6, 6.07) is 5.12. The number of nitrogens with one attached hydrogen (secondary N) is 1. The molecule has 1 aliphatic carbocycles. The zero-order valence-electron chi connectivity index (χ0n) is 12.2. The van der Waals surface area contributed by atoms with Gasteiger partial charge < -0.3 is 10.1 Å². The van der Waals surface area contributed by atoms with Crippen LogP contribution in [-0.2, 0) is 11.2 Å². The maximum absolute atomic E-state index is 13.4. The molecule has 0 aromatic heterocycles. The van der Waals surface area contributed by atoms with Crippen molar-refractivity contribution in [2.45, 2.75) is 44.8 Å². The van der Waals surface area contributed by atoms with Crippen molar-refractivity contribution >= 4 is 15.9 Å². The Hall–Kier alpha value is -0.450. The van der Waals surface area contributed by atoms with Crippen molar-refractivity contribution in [2.75, 3.05) is 13.7 Å². The second kappa shape index (κ2) is 7.53. The minimum absolute atomic E-state index is 0.183. The standard InChI is InChI=1S/C16H23BrFNO/c1-3-8-19-15(16(20-2)11-4-5-11)10-12-9-13(18)6-7-14(12)17/h6-7,9,11,15-16,19H,3-5,8,10H2,1-2H3. The Morgan fingerprint density at radius 3 is 2.80 bits per heavy atom. The molecule has 1 N–H and O–H groups in total. The maximum Gasteiger partial charge on any atom is 0.123 e. The van der Waals surface area contributed by atoms with Crippen LogP contribution in [0, 0.1) is 11.7 Å². The van der Waals surface area contributed by atoms with E-state index in [1.54, 1.807) is 19.2 Å². The second-order valence-electron chi connectivity index (χ2n) is 5.54. The number of hydrogen-bond donors (Lipinski definition) is 1. The van der Waals surface area contributed by atoms with Crippen LogP contribution in [0.25, 0.3) is 0 Å². The molecule has 2 nitrogen and oxygen atoms in total. The summed E-state index contributed by atoms with van der Waals surface area (Å²) in [4.78, 5) is 0. The topological polar surface area (TPSA) is 21.3 Å². The van der Waals surface area contributed by atoms with Gasteiger partial charge in [-0.25, -0.2) is 4.39 Å². The molecule has 112 valence electrons. The second-order valence-corrected chi connectivity index (χ2v) is 6.39. The minimum Gasteiger partial charge on any atom is -0.380 e. The fraction of sp³-hybridized carbons (Fsp3) is 0.625. The highest BCUT2D eigenvalue weighted by molar-refractivity contribution is 9.10. The molecule has 2 atom stereocenters. The minimum atomic E-state index is -0.183. The Bertz CT molecular complexity index is 436. The van der Waals surface area contributed by atoms with Gasteiger partial charge >= 0.3 is 0 Å². The fourth-order valence-corrected chi connectivity index (χ4v) is 3.09. The molecule has 0 aliphatic heterocycles. The van der Waals surface area contributed by atoms with Crippen LogP contribution in [0.4, 0.5) is 4.39 Å². The number of rotatable bonds is 8. The maximum atomic E-state index is 13.4. The first-order chi connectivity index (χ1) is 9.65. The van der Waals surface area contributed by atoms with E-state index in [-0.39, 0.29) is 18.0 Å². The molecule has 2 unspecified atom stereocenters. The van der Waals surface area contributed by atoms with Gasteiger partial charge in [0.25, 0.3) is 0 Å². The molecule has 1 saturated carbocycles. The van der Waals surface area contributed by atoms with Crippen molar-refractivity contribution in [2.24, 2.45) is 5.92 Å². The molecule has 0 heterocycles. The smallest absolute Gasteiger partial charge is 0.123 e. The molecule has 1 aliphatic rings. The van der Waals surface area contributed by atoms with Gasteiger partial charge in [-0.05, 0) is 61.9 Å². The van der Waals surface area contributed by atoms with Crippen molar-refractivity contribution in [3.63, 3.8) is 0 Å². The molecule has 0 saturated heterocycles. The van der Waals surface area contributed by atoms with Gasteiger partial charge in [-0.3, -0.25) is 0 Å². The van der Waals surface area contributed by atoms with Crippen molar-refractivity contribution in [3.05, 3.63) is 34.1 Å². The van der Waals surface area contributed by atoms with E-state index in [0.29, 0.717) is 5.92 Å². The highest BCUT2D eigenvalue weighted by Gasteiger charge is 2.36. The number of ether oxygens (including phenoxy) is 1. The summed E-state index contributed by atoms with van der Waals surface area (Å²) in [5.41, 5.74) is 1.00. The molecule has 0 bridgehead atoms. The predicted octanol–water partition coefficient (Wildman–Crippen LogP) is 3.92. The summed E-state index contributed by atoms with van der Waals surface area (Å²) < 4.78 is 20.1. The lowest BCUT2D eigenvalue weighted by Crippen LogP contribution is -2.44. The van der Waals surface area contributed by atoms with Crippen LogP contribution in [0.15, 0.2) is 22.7 Å². The van der Waals surface area contributed by atoms with Crippen LogP contribution in [0.1, 0.15) is 31.7 Å². The SMILES string of the molecule is CCCNC(Cc1cc(F)ccc1Br)C(OC)C1CC1. The van der Waals surface area contributed by atoms with E-state index >= 15 is 0 Å². The Kier molecular flexibility index (Phi) is 6.00.